The largest absolute Gasteiger partial charge is 0.302 e. The van der Waals surface area contributed by atoms with Gasteiger partial charge in [0.25, 0.3) is 0 Å². The van der Waals surface area contributed by atoms with E-state index in [0.29, 0.717) is 5.82 Å². The van der Waals surface area contributed by atoms with Gasteiger partial charge in [-0.05, 0) is 0 Å². The van der Waals surface area contributed by atoms with Gasteiger partial charge in [0.15, 0.2) is 5.82 Å². The smallest absolute Gasteiger partial charge is 0.287 e. The molecule has 0 saturated carbocycles. The molecule has 15 heavy (non-hydrogen) atoms. The maximum atomic E-state index is 11.1. The monoisotopic (exact) mass is 203 g/mol. The molecule has 2 aromatic rings. The lowest BCUT2D eigenvalue weighted by molar-refractivity contribution is 0.0943. The van der Waals surface area contributed by atoms with Crippen LogP contribution >= 0.6 is 0 Å². The molecule has 0 aliphatic heterocycles. The first-order chi connectivity index (χ1) is 7.31. The first kappa shape index (κ1) is 9.35. The number of nitrogens with zero attached hydrogens (tertiary/aromatic N) is 2. The van der Waals surface area contributed by atoms with E-state index in [0.717, 1.165) is 5.56 Å². The molecular formula is C9H9N5O. The van der Waals surface area contributed by atoms with Crippen LogP contribution < -0.4 is 11.3 Å². The lowest BCUT2D eigenvalue weighted by Crippen LogP contribution is -2.30. The molecule has 0 unspecified atom stereocenters. The highest BCUT2D eigenvalue weighted by atomic mass is 16.2. The molecule has 6 nitrogen and oxygen atoms in total. The van der Waals surface area contributed by atoms with Gasteiger partial charge in [0.05, 0.1) is 0 Å². The fourth-order valence-electron chi connectivity index (χ4n) is 1.15. The van der Waals surface area contributed by atoms with Gasteiger partial charge in [0, 0.05) is 5.56 Å². The second-order valence-electron chi connectivity index (χ2n) is 2.85. The average Bonchev–Trinajstić information content (AvgIpc) is 2.78. The highest BCUT2D eigenvalue weighted by Crippen LogP contribution is 2.12. The van der Waals surface area contributed by atoms with Crippen LogP contribution in [0.5, 0.6) is 0 Å². The Morgan fingerprint density at radius 2 is 2.07 bits per heavy atom. The molecule has 0 spiro atoms. The summed E-state index contributed by atoms with van der Waals surface area (Å²) in [6.45, 7) is 0. The minimum atomic E-state index is -0.496. The lowest BCUT2D eigenvalue weighted by Gasteiger charge is -1.92. The molecule has 0 aliphatic rings. The van der Waals surface area contributed by atoms with Crippen molar-refractivity contribution in [3.05, 3.63) is 36.2 Å². The van der Waals surface area contributed by atoms with Crippen LogP contribution in [0, 0.1) is 0 Å². The fraction of sp³-hybridized carbons (Fsp3) is 0. The van der Waals surface area contributed by atoms with E-state index < -0.39 is 5.91 Å². The number of carbonyl (C=O) groups excluding carboxylic acids is 1. The number of amides is 1. The van der Waals surface area contributed by atoms with Crippen molar-refractivity contribution >= 4 is 5.91 Å². The Bertz CT molecular complexity index is 464. The zero-order valence-electron chi connectivity index (χ0n) is 7.77. The SMILES string of the molecule is NNC(=O)c1nc(-c2ccccc2)n[nH]1. The quantitative estimate of drug-likeness (QED) is 0.365. The normalized spacial score (nSPS) is 9.93. The third kappa shape index (κ3) is 1.84. The van der Waals surface area contributed by atoms with Crippen molar-refractivity contribution < 1.29 is 4.79 Å². The highest BCUT2D eigenvalue weighted by molar-refractivity contribution is 5.90. The Morgan fingerprint density at radius 1 is 1.33 bits per heavy atom. The minimum absolute atomic E-state index is 0.0938. The van der Waals surface area contributed by atoms with Crippen LogP contribution in [0.2, 0.25) is 0 Å². The standard InChI is InChI=1S/C9H9N5O/c10-12-9(15)8-11-7(13-14-8)6-4-2-1-3-5-6/h1-5H,10H2,(H,12,15)(H,11,13,14). The average molecular weight is 203 g/mol. The van der Waals surface area contributed by atoms with Crippen LogP contribution in [-0.4, -0.2) is 21.1 Å². The molecule has 0 atom stereocenters. The molecule has 6 heteroatoms. The summed E-state index contributed by atoms with van der Waals surface area (Å²) >= 11 is 0. The predicted octanol–water partition coefficient (Wildman–Crippen LogP) is 0.0752. The van der Waals surface area contributed by atoms with Crippen molar-refractivity contribution in [1.29, 1.82) is 0 Å². The van der Waals surface area contributed by atoms with E-state index in [2.05, 4.69) is 15.2 Å². The first-order valence-corrected chi connectivity index (χ1v) is 4.30. The number of carbonyl (C=O) groups is 1. The summed E-state index contributed by atoms with van der Waals surface area (Å²) in [5, 5.41) is 6.40. The number of rotatable bonds is 2. The Morgan fingerprint density at radius 3 is 2.73 bits per heavy atom. The zero-order chi connectivity index (χ0) is 10.7. The maximum Gasteiger partial charge on any atom is 0.302 e. The van der Waals surface area contributed by atoms with Crippen molar-refractivity contribution in [3.8, 4) is 11.4 Å². The van der Waals surface area contributed by atoms with E-state index in [1.54, 1.807) is 0 Å². The van der Waals surface area contributed by atoms with Gasteiger partial charge in [-0.25, -0.2) is 10.8 Å². The van der Waals surface area contributed by atoms with Crippen molar-refractivity contribution in [2.24, 2.45) is 5.84 Å². The van der Waals surface area contributed by atoms with Crippen LogP contribution in [0.15, 0.2) is 30.3 Å². The van der Waals surface area contributed by atoms with Gasteiger partial charge >= 0.3 is 5.91 Å². The van der Waals surface area contributed by atoms with Crippen molar-refractivity contribution in [2.45, 2.75) is 0 Å². The van der Waals surface area contributed by atoms with Gasteiger partial charge in [-0.3, -0.25) is 15.3 Å². The molecule has 0 aliphatic carbocycles. The third-order valence-corrected chi connectivity index (χ3v) is 1.86. The molecule has 0 saturated heterocycles. The van der Waals surface area contributed by atoms with Crippen LogP contribution in [0.1, 0.15) is 10.6 Å². The summed E-state index contributed by atoms with van der Waals surface area (Å²) in [7, 11) is 0. The summed E-state index contributed by atoms with van der Waals surface area (Å²) in [5.41, 5.74) is 2.81. The summed E-state index contributed by atoms with van der Waals surface area (Å²) in [4.78, 5) is 15.1. The minimum Gasteiger partial charge on any atom is -0.287 e. The Labute approximate surface area is 85.5 Å². The molecule has 1 amide bonds. The van der Waals surface area contributed by atoms with E-state index in [4.69, 9.17) is 5.84 Å². The van der Waals surface area contributed by atoms with Crippen molar-refractivity contribution in [2.75, 3.05) is 0 Å². The van der Waals surface area contributed by atoms with Gasteiger partial charge in [-0.15, -0.1) is 0 Å². The summed E-state index contributed by atoms with van der Waals surface area (Å²) in [6, 6.07) is 9.34. The summed E-state index contributed by atoms with van der Waals surface area (Å²) in [6.07, 6.45) is 0. The zero-order valence-corrected chi connectivity index (χ0v) is 7.77. The van der Waals surface area contributed by atoms with Crippen LogP contribution in [0.4, 0.5) is 0 Å². The van der Waals surface area contributed by atoms with Gasteiger partial charge in [0.1, 0.15) is 0 Å². The van der Waals surface area contributed by atoms with Gasteiger partial charge < -0.3 is 0 Å². The van der Waals surface area contributed by atoms with Gasteiger partial charge in [-0.2, -0.15) is 5.10 Å². The predicted molar refractivity (Wildman–Crippen MR) is 53.5 cm³/mol. The second-order valence-corrected chi connectivity index (χ2v) is 2.85. The number of H-pyrrole nitrogens is 1. The molecule has 1 heterocycles. The molecule has 0 bridgehead atoms. The number of hydrazine groups is 1. The van der Waals surface area contributed by atoms with E-state index in [9.17, 15) is 4.79 Å². The number of nitrogen functional groups attached to an aromatic ring is 1. The molecule has 1 aromatic carbocycles. The Kier molecular flexibility index (Phi) is 2.42. The number of hydrogen-bond acceptors (Lipinski definition) is 4. The molecule has 2 rings (SSSR count). The number of hydrogen-bond donors (Lipinski definition) is 3. The molecule has 1 aromatic heterocycles. The van der Waals surface area contributed by atoms with Crippen molar-refractivity contribution in [3.63, 3.8) is 0 Å². The number of nitrogens with two attached hydrogens (primary N) is 1. The maximum absolute atomic E-state index is 11.1. The highest BCUT2D eigenvalue weighted by Gasteiger charge is 2.10. The Hall–Kier alpha value is -2.21. The molecule has 4 N–H and O–H groups in total. The second kappa shape index (κ2) is 3.89. The number of nitrogens with one attached hydrogen (secondary N) is 2. The Balaban J connectivity index is 2.32. The summed E-state index contributed by atoms with van der Waals surface area (Å²) in [5.74, 6) is 5.03. The van der Waals surface area contributed by atoms with Crippen molar-refractivity contribution in [1.82, 2.24) is 20.6 Å². The van der Waals surface area contributed by atoms with E-state index in [-0.39, 0.29) is 5.82 Å². The van der Waals surface area contributed by atoms with E-state index in [1.165, 1.54) is 0 Å². The van der Waals surface area contributed by atoms with Gasteiger partial charge in [-0.1, -0.05) is 30.3 Å². The molecule has 76 valence electrons. The summed E-state index contributed by atoms with van der Waals surface area (Å²) < 4.78 is 0. The first-order valence-electron chi connectivity index (χ1n) is 4.30. The molecule has 0 radical (unpaired) electrons. The van der Waals surface area contributed by atoms with Crippen LogP contribution in [0.25, 0.3) is 11.4 Å². The number of aromatic nitrogens is 3. The fourth-order valence-corrected chi connectivity index (χ4v) is 1.15. The third-order valence-electron chi connectivity index (χ3n) is 1.86. The molecular weight excluding hydrogens is 194 g/mol. The van der Waals surface area contributed by atoms with E-state index >= 15 is 0 Å². The van der Waals surface area contributed by atoms with Crippen LogP contribution in [-0.2, 0) is 0 Å². The number of aromatic amines is 1. The topological polar surface area (TPSA) is 96.7 Å². The number of benzene rings is 1. The molecule has 0 fully saturated rings. The van der Waals surface area contributed by atoms with Gasteiger partial charge in [0.2, 0.25) is 5.82 Å². The lowest BCUT2D eigenvalue weighted by atomic mass is 10.2. The van der Waals surface area contributed by atoms with E-state index in [1.807, 2.05) is 35.8 Å². The van der Waals surface area contributed by atoms with Crippen LogP contribution in [0.3, 0.4) is 0 Å².